The number of carbonyl (C=O) groups excluding carboxylic acids is 2. The number of nitrogens with two attached hydrogens (primary N) is 1. The first-order valence-corrected chi connectivity index (χ1v) is 7.32. The van der Waals surface area contributed by atoms with E-state index in [-0.39, 0.29) is 18.0 Å². The summed E-state index contributed by atoms with van der Waals surface area (Å²) >= 11 is 0. The summed E-state index contributed by atoms with van der Waals surface area (Å²) in [5.41, 5.74) is 7.04. The van der Waals surface area contributed by atoms with Gasteiger partial charge in [0.1, 0.15) is 0 Å². The third kappa shape index (κ3) is 3.09. The quantitative estimate of drug-likeness (QED) is 0.683. The SMILES string of the molecule is Nc1ccc(NC(=O)N2CCC3NC(=O)CCC3C2)cc1. The Kier molecular flexibility index (Phi) is 3.68. The number of urea groups is 1. The molecule has 2 unspecified atom stereocenters. The van der Waals surface area contributed by atoms with Gasteiger partial charge in [-0.1, -0.05) is 0 Å². The molecule has 0 bridgehead atoms. The molecule has 2 fully saturated rings. The maximum atomic E-state index is 12.3. The summed E-state index contributed by atoms with van der Waals surface area (Å²) in [6, 6.07) is 7.25. The van der Waals surface area contributed by atoms with Gasteiger partial charge in [-0.2, -0.15) is 0 Å². The van der Waals surface area contributed by atoms with E-state index in [1.807, 2.05) is 4.90 Å². The van der Waals surface area contributed by atoms with Crippen molar-refractivity contribution in [3.05, 3.63) is 24.3 Å². The Balaban J connectivity index is 1.58. The molecule has 2 aliphatic rings. The number of likely N-dealkylation sites (tertiary alicyclic amines) is 1. The van der Waals surface area contributed by atoms with Crippen LogP contribution >= 0.6 is 0 Å². The van der Waals surface area contributed by atoms with E-state index in [0.29, 0.717) is 31.1 Å². The highest BCUT2D eigenvalue weighted by Gasteiger charge is 2.35. The number of amides is 3. The van der Waals surface area contributed by atoms with Gasteiger partial charge in [0.25, 0.3) is 0 Å². The Bertz CT molecular complexity index is 543. The van der Waals surface area contributed by atoms with E-state index in [9.17, 15) is 9.59 Å². The van der Waals surface area contributed by atoms with Crippen molar-refractivity contribution in [3.63, 3.8) is 0 Å². The topological polar surface area (TPSA) is 87.5 Å². The van der Waals surface area contributed by atoms with Crippen LogP contribution in [0.2, 0.25) is 0 Å². The van der Waals surface area contributed by atoms with E-state index >= 15 is 0 Å². The van der Waals surface area contributed by atoms with Crippen LogP contribution in [0.3, 0.4) is 0 Å². The van der Waals surface area contributed by atoms with E-state index in [4.69, 9.17) is 5.73 Å². The highest BCUT2D eigenvalue weighted by molar-refractivity contribution is 5.89. The van der Waals surface area contributed by atoms with Crippen LogP contribution in [-0.4, -0.2) is 36.0 Å². The van der Waals surface area contributed by atoms with Crippen LogP contribution in [0.4, 0.5) is 16.2 Å². The van der Waals surface area contributed by atoms with Gasteiger partial charge < -0.3 is 21.3 Å². The molecule has 112 valence electrons. The lowest BCUT2D eigenvalue weighted by Crippen LogP contribution is -2.55. The fourth-order valence-corrected chi connectivity index (χ4v) is 3.06. The first kappa shape index (κ1) is 13.7. The molecule has 0 radical (unpaired) electrons. The van der Waals surface area contributed by atoms with E-state index < -0.39 is 0 Å². The zero-order valence-electron chi connectivity index (χ0n) is 11.8. The van der Waals surface area contributed by atoms with Gasteiger partial charge in [-0.15, -0.1) is 0 Å². The Hall–Kier alpha value is -2.24. The van der Waals surface area contributed by atoms with Gasteiger partial charge in [0.05, 0.1) is 0 Å². The van der Waals surface area contributed by atoms with Crippen molar-refractivity contribution in [2.75, 3.05) is 24.1 Å². The molecule has 1 aromatic rings. The second kappa shape index (κ2) is 5.63. The lowest BCUT2D eigenvalue weighted by molar-refractivity contribution is -0.125. The number of rotatable bonds is 1. The largest absolute Gasteiger partial charge is 0.399 e. The Morgan fingerprint density at radius 3 is 2.81 bits per heavy atom. The molecule has 0 aromatic heterocycles. The smallest absolute Gasteiger partial charge is 0.321 e. The number of carbonyl (C=O) groups is 2. The van der Waals surface area contributed by atoms with Gasteiger partial charge in [0.15, 0.2) is 0 Å². The zero-order chi connectivity index (χ0) is 14.8. The Labute approximate surface area is 123 Å². The molecule has 0 saturated carbocycles. The van der Waals surface area contributed by atoms with Crippen molar-refractivity contribution in [3.8, 4) is 0 Å². The summed E-state index contributed by atoms with van der Waals surface area (Å²) in [6.07, 6.45) is 2.25. The number of fused-ring (bicyclic) bond motifs is 1. The lowest BCUT2D eigenvalue weighted by Gasteiger charge is -2.41. The van der Waals surface area contributed by atoms with E-state index in [1.54, 1.807) is 24.3 Å². The zero-order valence-corrected chi connectivity index (χ0v) is 11.8. The second-order valence-electron chi connectivity index (χ2n) is 5.76. The molecule has 1 aromatic carbocycles. The number of piperidine rings is 2. The molecule has 0 aliphatic carbocycles. The minimum absolute atomic E-state index is 0.0879. The van der Waals surface area contributed by atoms with Crippen LogP contribution in [0.1, 0.15) is 19.3 Å². The molecule has 3 rings (SSSR count). The molecular formula is C15H20N4O2. The number of nitrogen functional groups attached to an aromatic ring is 1. The van der Waals surface area contributed by atoms with Gasteiger partial charge in [0.2, 0.25) is 5.91 Å². The molecule has 6 heteroatoms. The second-order valence-corrected chi connectivity index (χ2v) is 5.76. The van der Waals surface area contributed by atoms with Crippen LogP contribution in [0.15, 0.2) is 24.3 Å². The molecule has 21 heavy (non-hydrogen) atoms. The van der Waals surface area contributed by atoms with Gasteiger partial charge >= 0.3 is 6.03 Å². The van der Waals surface area contributed by atoms with Crippen LogP contribution in [0.5, 0.6) is 0 Å². The van der Waals surface area contributed by atoms with Gasteiger partial charge in [-0.3, -0.25) is 4.79 Å². The summed E-state index contributed by atoms with van der Waals surface area (Å²) in [5, 5.41) is 5.91. The maximum Gasteiger partial charge on any atom is 0.321 e. The van der Waals surface area contributed by atoms with Crippen molar-refractivity contribution in [2.45, 2.75) is 25.3 Å². The summed E-state index contributed by atoms with van der Waals surface area (Å²) in [6.45, 7) is 1.37. The number of nitrogens with one attached hydrogen (secondary N) is 2. The Morgan fingerprint density at radius 1 is 1.29 bits per heavy atom. The fourth-order valence-electron chi connectivity index (χ4n) is 3.06. The van der Waals surface area contributed by atoms with E-state index in [1.165, 1.54) is 0 Å². The number of hydrogen-bond acceptors (Lipinski definition) is 3. The summed E-state index contributed by atoms with van der Waals surface area (Å²) in [5.74, 6) is 0.504. The van der Waals surface area contributed by atoms with Crippen molar-refractivity contribution >= 4 is 23.3 Å². The molecule has 4 N–H and O–H groups in total. The molecule has 2 aliphatic heterocycles. The monoisotopic (exact) mass is 288 g/mol. The number of benzene rings is 1. The predicted molar refractivity (Wildman–Crippen MR) is 80.7 cm³/mol. The number of hydrogen-bond donors (Lipinski definition) is 3. The molecule has 2 atom stereocenters. The van der Waals surface area contributed by atoms with Crippen molar-refractivity contribution in [1.29, 1.82) is 0 Å². The molecule has 3 amide bonds. The third-order valence-corrected chi connectivity index (χ3v) is 4.27. The number of anilines is 2. The average molecular weight is 288 g/mol. The third-order valence-electron chi connectivity index (χ3n) is 4.27. The van der Waals surface area contributed by atoms with E-state index in [0.717, 1.165) is 18.5 Å². The van der Waals surface area contributed by atoms with E-state index in [2.05, 4.69) is 10.6 Å². The summed E-state index contributed by atoms with van der Waals surface area (Å²) in [7, 11) is 0. The van der Waals surface area contributed by atoms with Gasteiger partial charge in [-0.05, 0) is 43.0 Å². The van der Waals surface area contributed by atoms with Crippen LogP contribution < -0.4 is 16.4 Å². The number of nitrogens with zero attached hydrogens (tertiary/aromatic N) is 1. The standard InChI is InChI=1S/C15H20N4O2/c16-11-2-4-12(5-3-11)17-15(21)19-8-7-13-10(9-19)1-6-14(20)18-13/h2-5,10,13H,1,6-9,16H2,(H,17,21)(H,18,20). The van der Waals surface area contributed by atoms with Gasteiger partial charge in [0, 0.05) is 36.9 Å². The minimum Gasteiger partial charge on any atom is -0.399 e. The maximum absolute atomic E-state index is 12.3. The van der Waals surface area contributed by atoms with Crippen molar-refractivity contribution in [2.24, 2.45) is 5.92 Å². The first-order valence-electron chi connectivity index (χ1n) is 7.32. The summed E-state index contributed by atoms with van der Waals surface area (Å²) in [4.78, 5) is 25.5. The average Bonchev–Trinajstić information content (AvgIpc) is 2.49. The van der Waals surface area contributed by atoms with Crippen molar-refractivity contribution in [1.82, 2.24) is 10.2 Å². The molecular weight excluding hydrogens is 268 g/mol. The highest BCUT2D eigenvalue weighted by atomic mass is 16.2. The van der Waals surface area contributed by atoms with Gasteiger partial charge in [-0.25, -0.2) is 4.79 Å². The van der Waals surface area contributed by atoms with Crippen LogP contribution in [0, 0.1) is 5.92 Å². The molecule has 0 spiro atoms. The van der Waals surface area contributed by atoms with Crippen molar-refractivity contribution < 1.29 is 9.59 Å². The normalized spacial score (nSPS) is 25.0. The van der Waals surface area contributed by atoms with Crippen LogP contribution in [-0.2, 0) is 4.79 Å². The predicted octanol–water partition coefficient (Wildman–Crippen LogP) is 1.40. The fraction of sp³-hybridized carbons (Fsp3) is 0.467. The molecule has 2 saturated heterocycles. The highest BCUT2D eigenvalue weighted by Crippen LogP contribution is 2.25. The minimum atomic E-state index is -0.0879. The lowest BCUT2D eigenvalue weighted by atomic mass is 9.85. The molecule has 6 nitrogen and oxygen atoms in total. The Morgan fingerprint density at radius 2 is 2.05 bits per heavy atom. The first-order chi connectivity index (χ1) is 10.1. The van der Waals surface area contributed by atoms with Crippen LogP contribution in [0.25, 0.3) is 0 Å². The molecule has 2 heterocycles. The summed E-state index contributed by atoms with van der Waals surface area (Å²) < 4.78 is 0.